The average Bonchev–Trinajstić information content (AvgIpc) is 1.95. The second-order valence-electron chi connectivity index (χ2n) is 5.35. The molecule has 0 spiro atoms. The molecule has 0 saturated carbocycles. The number of hydrogen-bond acceptors (Lipinski definition) is 4. The van der Waals surface area contributed by atoms with Gasteiger partial charge in [-0.25, -0.2) is 12.8 Å². The van der Waals surface area contributed by atoms with Crippen molar-refractivity contribution in [2.75, 3.05) is 5.75 Å². The highest BCUT2D eigenvalue weighted by Gasteiger charge is 2.37. The van der Waals surface area contributed by atoms with Crippen LogP contribution in [0.5, 0.6) is 0 Å². The van der Waals surface area contributed by atoms with Crippen LogP contribution in [0.3, 0.4) is 0 Å². The normalized spacial score (nSPS) is 13.7. The molecular formula is C9H17ClNO4S-. The zero-order valence-electron chi connectivity index (χ0n) is 10.1. The Morgan fingerprint density at radius 1 is 1.25 bits per heavy atom. The van der Waals surface area contributed by atoms with E-state index in [2.05, 4.69) is 0 Å². The van der Waals surface area contributed by atoms with Gasteiger partial charge in [0.05, 0.1) is 21.4 Å². The van der Waals surface area contributed by atoms with Gasteiger partial charge >= 0.3 is 0 Å². The largest absolute Gasteiger partial charge is 0.748 e. The molecule has 0 aliphatic carbocycles. The van der Waals surface area contributed by atoms with Crippen LogP contribution in [-0.4, -0.2) is 34.6 Å². The fourth-order valence-corrected chi connectivity index (χ4v) is 2.44. The molecule has 0 fully saturated rings. The smallest absolute Gasteiger partial charge is 0.242 e. The van der Waals surface area contributed by atoms with E-state index >= 15 is 0 Å². The van der Waals surface area contributed by atoms with Crippen molar-refractivity contribution in [2.24, 2.45) is 5.41 Å². The van der Waals surface area contributed by atoms with E-state index in [9.17, 15) is 17.8 Å². The summed E-state index contributed by atoms with van der Waals surface area (Å²) in [6.45, 7) is 7.84. The number of rotatable bonds is 3. The summed E-state index contributed by atoms with van der Waals surface area (Å²) in [5.74, 6) is -1.14. The van der Waals surface area contributed by atoms with Crippen LogP contribution in [0.25, 0.3) is 0 Å². The van der Waals surface area contributed by atoms with Crippen LogP contribution >= 0.6 is 11.8 Å². The van der Waals surface area contributed by atoms with E-state index in [-0.39, 0.29) is 0 Å². The lowest BCUT2D eigenvalue weighted by Crippen LogP contribution is -2.49. The van der Waals surface area contributed by atoms with Crippen LogP contribution in [0.15, 0.2) is 0 Å². The lowest BCUT2D eigenvalue weighted by molar-refractivity contribution is -0.137. The Labute approximate surface area is 102 Å². The fourth-order valence-electron chi connectivity index (χ4n) is 1.06. The predicted octanol–water partition coefficient (Wildman–Crippen LogP) is 1.34. The van der Waals surface area contributed by atoms with E-state index in [1.807, 2.05) is 0 Å². The minimum absolute atomic E-state index is 0.428. The van der Waals surface area contributed by atoms with E-state index in [1.54, 1.807) is 20.8 Å². The number of hydrogen-bond donors (Lipinski definition) is 0. The van der Waals surface area contributed by atoms with Crippen LogP contribution in [0.4, 0.5) is 0 Å². The van der Waals surface area contributed by atoms with Crippen LogP contribution < -0.4 is 0 Å². The summed E-state index contributed by atoms with van der Waals surface area (Å²) in [4.78, 5) is 11.8. The molecule has 16 heavy (non-hydrogen) atoms. The van der Waals surface area contributed by atoms with Crippen molar-refractivity contribution in [1.29, 1.82) is 0 Å². The van der Waals surface area contributed by atoms with Gasteiger partial charge in [-0.05, 0) is 13.8 Å². The Bertz CT molecular complexity index is 369. The van der Waals surface area contributed by atoms with Crippen molar-refractivity contribution in [1.82, 2.24) is 4.42 Å². The minimum atomic E-state index is -4.43. The van der Waals surface area contributed by atoms with Gasteiger partial charge in [-0.3, -0.25) is 4.79 Å². The number of carbonyl (C=O) groups excluding carboxylic acids is 1. The van der Waals surface area contributed by atoms with Gasteiger partial charge < -0.3 is 4.55 Å². The first kappa shape index (κ1) is 15.7. The van der Waals surface area contributed by atoms with Gasteiger partial charge in [0.25, 0.3) is 0 Å². The van der Waals surface area contributed by atoms with Crippen LogP contribution in [-0.2, 0) is 14.9 Å². The number of halogens is 1. The lowest BCUT2D eigenvalue weighted by Gasteiger charge is -2.36. The van der Waals surface area contributed by atoms with E-state index in [1.165, 1.54) is 13.8 Å². The molecule has 0 N–H and O–H groups in total. The summed E-state index contributed by atoms with van der Waals surface area (Å²) < 4.78 is 32.8. The lowest BCUT2D eigenvalue weighted by atomic mass is 9.94. The summed E-state index contributed by atoms with van der Waals surface area (Å²) in [6, 6.07) is 0. The van der Waals surface area contributed by atoms with Gasteiger partial charge in [0, 0.05) is 17.2 Å². The Morgan fingerprint density at radius 3 is 1.88 bits per heavy atom. The molecule has 0 unspecified atom stereocenters. The van der Waals surface area contributed by atoms with E-state index in [0.717, 1.165) is 4.42 Å². The third-order valence-electron chi connectivity index (χ3n) is 1.88. The van der Waals surface area contributed by atoms with Crippen molar-refractivity contribution in [3.8, 4) is 0 Å². The van der Waals surface area contributed by atoms with Gasteiger partial charge in [-0.1, -0.05) is 20.8 Å². The Kier molecular flexibility index (Phi) is 4.41. The first-order valence-electron chi connectivity index (χ1n) is 4.71. The molecule has 96 valence electrons. The monoisotopic (exact) mass is 270 g/mol. The van der Waals surface area contributed by atoms with E-state index < -0.39 is 32.7 Å². The summed E-state index contributed by atoms with van der Waals surface area (Å²) >= 11 is 5.79. The molecule has 0 saturated heterocycles. The molecule has 0 aliphatic heterocycles. The molecule has 1 amide bonds. The van der Waals surface area contributed by atoms with Crippen molar-refractivity contribution in [2.45, 2.75) is 40.2 Å². The summed E-state index contributed by atoms with van der Waals surface area (Å²) in [6.07, 6.45) is 0. The highest BCUT2D eigenvalue weighted by Crippen LogP contribution is 2.26. The molecule has 0 heterocycles. The van der Waals surface area contributed by atoms with Crippen molar-refractivity contribution in [3.05, 3.63) is 0 Å². The van der Waals surface area contributed by atoms with Gasteiger partial charge in [0.15, 0.2) is 0 Å². The SMILES string of the molecule is CC(C)(C)C(=O)N(Cl)C(C)(C)CS(=O)(=O)[O-]. The van der Waals surface area contributed by atoms with Crippen LogP contribution in [0.1, 0.15) is 34.6 Å². The van der Waals surface area contributed by atoms with Crippen LogP contribution in [0.2, 0.25) is 0 Å². The van der Waals surface area contributed by atoms with Gasteiger partial charge in [0.1, 0.15) is 0 Å². The Hall–Kier alpha value is -0.330. The molecule has 0 aromatic carbocycles. The molecule has 0 radical (unpaired) electrons. The zero-order chi connectivity index (χ0) is 13.4. The van der Waals surface area contributed by atoms with Gasteiger partial charge in [-0.15, -0.1) is 0 Å². The van der Waals surface area contributed by atoms with Crippen molar-refractivity contribution in [3.63, 3.8) is 0 Å². The topological polar surface area (TPSA) is 77.5 Å². The zero-order valence-corrected chi connectivity index (χ0v) is 11.6. The van der Waals surface area contributed by atoms with Gasteiger partial charge in [-0.2, -0.15) is 0 Å². The van der Waals surface area contributed by atoms with E-state index in [4.69, 9.17) is 11.8 Å². The Balaban J connectivity index is 4.98. The highest BCUT2D eigenvalue weighted by molar-refractivity contribution is 7.85. The average molecular weight is 271 g/mol. The molecule has 0 aromatic rings. The maximum atomic E-state index is 11.8. The van der Waals surface area contributed by atoms with Crippen molar-refractivity contribution < 1.29 is 17.8 Å². The second kappa shape index (κ2) is 4.50. The number of nitrogens with zero attached hydrogens (tertiary/aromatic N) is 1. The maximum Gasteiger partial charge on any atom is 0.242 e. The molecule has 0 rings (SSSR count). The molecule has 0 atom stereocenters. The maximum absolute atomic E-state index is 11.8. The fraction of sp³-hybridized carbons (Fsp3) is 0.889. The molecule has 0 aliphatic rings. The first-order chi connectivity index (χ1) is 6.77. The third-order valence-corrected chi connectivity index (χ3v) is 3.55. The number of carbonyl (C=O) groups is 1. The predicted molar refractivity (Wildman–Crippen MR) is 60.8 cm³/mol. The van der Waals surface area contributed by atoms with E-state index in [0.29, 0.717) is 0 Å². The molecule has 5 nitrogen and oxygen atoms in total. The second-order valence-corrected chi connectivity index (χ2v) is 7.09. The minimum Gasteiger partial charge on any atom is -0.748 e. The summed E-state index contributed by atoms with van der Waals surface area (Å²) in [5, 5.41) is 0. The third kappa shape index (κ3) is 4.67. The Morgan fingerprint density at radius 2 is 1.62 bits per heavy atom. The van der Waals surface area contributed by atoms with Crippen molar-refractivity contribution >= 4 is 27.8 Å². The molecular weight excluding hydrogens is 254 g/mol. The quantitative estimate of drug-likeness (QED) is 0.573. The van der Waals surface area contributed by atoms with Gasteiger partial charge in [0.2, 0.25) is 5.91 Å². The molecule has 7 heteroatoms. The highest BCUT2D eigenvalue weighted by atomic mass is 35.5. The van der Waals surface area contributed by atoms with Crippen LogP contribution in [0, 0.1) is 5.41 Å². The summed E-state index contributed by atoms with van der Waals surface area (Å²) in [7, 11) is -4.43. The molecule has 0 bridgehead atoms. The number of amides is 1. The first-order valence-corrected chi connectivity index (χ1v) is 6.63. The summed E-state index contributed by atoms with van der Waals surface area (Å²) in [5.41, 5.74) is -1.96. The molecule has 0 aromatic heterocycles. The standard InChI is InChI=1S/C9H18ClNO4S/c1-8(2,3)7(12)11(10)9(4,5)6-16(13,14)15/h6H2,1-5H3,(H,13,14,15)/p-1.